The highest BCUT2D eigenvalue weighted by Gasteiger charge is 2.34. The Balaban J connectivity index is 1.59. The zero-order chi connectivity index (χ0) is 21.6. The number of nitrogens with one attached hydrogen (secondary N) is 2. The number of benzene rings is 1. The molecule has 0 aromatic heterocycles. The van der Waals surface area contributed by atoms with Crippen LogP contribution in [0.5, 0.6) is 5.75 Å². The first-order chi connectivity index (χ1) is 14.4. The summed E-state index contributed by atoms with van der Waals surface area (Å²) in [5, 5.41) is 7.12. The maximum absolute atomic E-state index is 6.18. The van der Waals surface area contributed by atoms with Crippen molar-refractivity contribution < 1.29 is 4.74 Å². The third-order valence-corrected chi connectivity index (χ3v) is 6.07. The minimum Gasteiger partial charge on any atom is -0.487 e. The lowest BCUT2D eigenvalue weighted by Crippen LogP contribution is -2.47. The van der Waals surface area contributed by atoms with E-state index in [2.05, 4.69) is 73.3 Å². The van der Waals surface area contributed by atoms with E-state index in [4.69, 9.17) is 9.73 Å². The zero-order valence-electron chi connectivity index (χ0n) is 19.6. The number of piperazine rings is 1. The van der Waals surface area contributed by atoms with Gasteiger partial charge in [-0.15, -0.1) is 0 Å². The van der Waals surface area contributed by atoms with E-state index in [-0.39, 0.29) is 11.6 Å². The number of ether oxygens (including phenoxy) is 1. The van der Waals surface area contributed by atoms with Crippen molar-refractivity contribution in [2.75, 3.05) is 52.4 Å². The summed E-state index contributed by atoms with van der Waals surface area (Å²) in [4.78, 5) is 10.1. The first kappa shape index (κ1) is 22.9. The number of rotatable bonds is 7. The van der Waals surface area contributed by atoms with E-state index >= 15 is 0 Å². The van der Waals surface area contributed by atoms with E-state index in [0.717, 1.165) is 44.3 Å². The first-order valence-electron chi connectivity index (χ1n) is 11.7. The zero-order valence-corrected chi connectivity index (χ0v) is 19.6. The average molecular weight is 416 g/mol. The maximum atomic E-state index is 6.18. The van der Waals surface area contributed by atoms with Crippen LogP contribution in [0.3, 0.4) is 0 Å². The van der Waals surface area contributed by atoms with Crippen molar-refractivity contribution in [3.8, 4) is 5.75 Å². The molecule has 0 bridgehead atoms. The number of para-hydroxylation sites is 1. The van der Waals surface area contributed by atoms with Crippen molar-refractivity contribution in [1.82, 2.24) is 20.4 Å². The summed E-state index contributed by atoms with van der Waals surface area (Å²) < 4.78 is 6.18. The molecule has 0 spiro atoms. The fourth-order valence-corrected chi connectivity index (χ4v) is 4.45. The van der Waals surface area contributed by atoms with Gasteiger partial charge in [-0.2, -0.15) is 0 Å². The van der Waals surface area contributed by atoms with Gasteiger partial charge in [0.05, 0.1) is 6.04 Å². The quantitative estimate of drug-likeness (QED) is 0.529. The molecule has 0 saturated carbocycles. The number of fused-ring (bicyclic) bond motifs is 1. The van der Waals surface area contributed by atoms with Crippen molar-refractivity contribution in [2.24, 2.45) is 10.9 Å². The highest BCUT2D eigenvalue weighted by molar-refractivity contribution is 5.80. The SMILES string of the molecule is CCNC(=NCC(C)CN1CCN(CC)CC1)NC1CC(C)(C)Oc2ccccc21. The van der Waals surface area contributed by atoms with Gasteiger partial charge in [-0.3, -0.25) is 4.99 Å². The van der Waals surface area contributed by atoms with E-state index in [9.17, 15) is 0 Å². The van der Waals surface area contributed by atoms with Gasteiger partial charge in [0.2, 0.25) is 0 Å². The van der Waals surface area contributed by atoms with E-state index in [1.54, 1.807) is 0 Å². The van der Waals surface area contributed by atoms with Crippen LogP contribution in [0.4, 0.5) is 0 Å². The molecular formula is C24H41N5O. The van der Waals surface area contributed by atoms with Crippen LogP contribution in [0.15, 0.2) is 29.3 Å². The third kappa shape index (κ3) is 6.35. The van der Waals surface area contributed by atoms with Gasteiger partial charge in [0.1, 0.15) is 11.4 Å². The summed E-state index contributed by atoms with van der Waals surface area (Å²) in [7, 11) is 0. The fraction of sp³-hybridized carbons (Fsp3) is 0.708. The molecule has 0 radical (unpaired) electrons. The molecule has 3 rings (SSSR count). The molecular weight excluding hydrogens is 374 g/mol. The summed E-state index contributed by atoms with van der Waals surface area (Å²) in [5.74, 6) is 2.41. The number of likely N-dealkylation sites (N-methyl/N-ethyl adjacent to an activating group) is 1. The predicted octanol–water partition coefficient (Wildman–Crippen LogP) is 3.12. The van der Waals surface area contributed by atoms with Crippen LogP contribution in [0.2, 0.25) is 0 Å². The second kappa shape index (κ2) is 10.5. The molecule has 2 aliphatic rings. The van der Waals surface area contributed by atoms with Crippen LogP contribution < -0.4 is 15.4 Å². The van der Waals surface area contributed by atoms with Crippen molar-refractivity contribution in [3.05, 3.63) is 29.8 Å². The molecule has 30 heavy (non-hydrogen) atoms. The molecule has 2 atom stereocenters. The minimum atomic E-state index is -0.197. The molecule has 2 N–H and O–H groups in total. The van der Waals surface area contributed by atoms with E-state index in [1.165, 1.54) is 31.7 Å². The van der Waals surface area contributed by atoms with Crippen LogP contribution >= 0.6 is 0 Å². The summed E-state index contributed by atoms with van der Waals surface area (Å²) >= 11 is 0. The number of hydrogen-bond acceptors (Lipinski definition) is 4. The molecule has 0 aliphatic carbocycles. The van der Waals surface area contributed by atoms with E-state index in [1.807, 2.05) is 6.07 Å². The Morgan fingerprint density at radius 2 is 1.87 bits per heavy atom. The lowest BCUT2D eigenvalue weighted by Gasteiger charge is -2.38. The lowest BCUT2D eigenvalue weighted by atomic mass is 9.90. The number of guanidine groups is 1. The van der Waals surface area contributed by atoms with Crippen LogP contribution in [-0.2, 0) is 0 Å². The number of hydrogen-bond donors (Lipinski definition) is 2. The highest BCUT2D eigenvalue weighted by atomic mass is 16.5. The van der Waals surface area contributed by atoms with Gasteiger partial charge in [-0.25, -0.2) is 0 Å². The van der Waals surface area contributed by atoms with Gasteiger partial charge < -0.3 is 25.2 Å². The molecule has 6 heteroatoms. The maximum Gasteiger partial charge on any atom is 0.191 e. The predicted molar refractivity (Wildman–Crippen MR) is 125 cm³/mol. The van der Waals surface area contributed by atoms with Gasteiger partial charge in [-0.1, -0.05) is 32.0 Å². The van der Waals surface area contributed by atoms with Gasteiger partial charge in [0.15, 0.2) is 5.96 Å². The summed E-state index contributed by atoms with van der Waals surface area (Å²) in [6, 6.07) is 8.54. The number of nitrogens with zero attached hydrogens (tertiary/aromatic N) is 3. The molecule has 1 fully saturated rings. The highest BCUT2D eigenvalue weighted by Crippen LogP contribution is 2.39. The summed E-state index contributed by atoms with van der Waals surface area (Å²) in [5.41, 5.74) is 1.02. The topological polar surface area (TPSA) is 52.1 Å². The molecule has 2 aliphatic heterocycles. The Morgan fingerprint density at radius 1 is 1.17 bits per heavy atom. The Labute approximate surface area is 183 Å². The monoisotopic (exact) mass is 415 g/mol. The number of aliphatic imine (C=N–C) groups is 1. The van der Waals surface area contributed by atoms with Crippen molar-refractivity contribution in [2.45, 2.75) is 52.7 Å². The normalized spacial score (nSPS) is 23.4. The standard InChI is InChI=1S/C24H41N5O/c1-6-25-23(26-17-19(3)18-29-14-12-28(7-2)13-15-29)27-21-16-24(4,5)30-22-11-9-8-10-20(21)22/h8-11,19,21H,6-7,12-18H2,1-5H3,(H2,25,26,27). The summed E-state index contributed by atoms with van der Waals surface area (Å²) in [6.45, 7) is 19.7. The molecule has 168 valence electrons. The molecule has 2 unspecified atom stereocenters. The minimum absolute atomic E-state index is 0.195. The van der Waals surface area contributed by atoms with Gasteiger partial charge >= 0.3 is 0 Å². The Kier molecular flexibility index (Phi) is 8.00. The second-order valence-corrected chi connectivity index (χ2v) is 9.36. The van der Waals surface area contributed by atoms with Crippen molar-refractivity contribution in [1.29, 1.82) is 0 Å². The van der Waals surface area contributed by atoms with E-state index < -0.39 is 0 Å². The van der Waals surface area contributed by atoms with Crippen molar-refractivity contribution in [3.63, 3.8) is 0 Å². The first-order valence-corrected chi connectivity index (χ1v) is 11.7. The summed E-state index contributed by atoms with van der Waals surface area (Å²) in [6.07, 6.45) is 0.908. The average Bonchev–Trinajstić information content (AvgIpc) is 2.72. The smallest absolute Gasteiger partial charge is 0.191 e. The van der Waals surface area contributed by atoms with Crippen molar-refractivity contribution >= 4 is 5.96 Å². The van der Waals surface area contributed by atoms with E-state index in [0.29, 0.717) is 5.92 Å². The largest absolute Gasteiger partial charge is 0.487 e. The molecule has 1 aromatic rings. The Bertz CT molecular complexity index is 697. The lowest BCUT2D eigenvalue weighted by molar-refractivity contribution is 0.0694. The third-order valence-electron chi connectivity index (χ3n) is 6.07. The van der Waals surface area contributed by atoms with Crippen LogP contribution in [-0.4, -0.2) is 73.7 Å². The fourth-order valence-electron chi connectivity index (χ4n) is 4.45. The molecule has 2 heterocycles. The molecule has 6 nitrogen and oxygen atoms in total. The molecule has 1 saturated heterocycles. The Hall–Kier alpha value is -1.79. The van der Waals surface area contributed by atoms with Gasteiger partial charge in [-0.05, 0) is 39.3 Å². The van der Waals surface area contributed by atoms with Crippen LogP contribution in [0.1, 0.15) is 52.6 Å². The van der Waals surface area contributed by atoms with Crippen LogP contribution in [0, 0.1) is 5.92 Å². The van der Waals surface area contributed by atoms with Gasteiger partial charge in [0.25, 0.3) is 0 Å². The molecule has 0 amide bonds. The van der Waals surface area contributed by atoms with Gasteiger partial charge in [0, 0.05) is 57.8 Å². The van der Waals surface area contributed by atoms with Crippen LogP contribution in [0.25, 0.3) is 0 Å². The Morgan fingerprint density at radius 3 is 2.57 bits per heavy atom. The molecule has 1 aromatic carbocycles. The second-order valence-electron chi connectivity index (χ2n) is 9.36.